The van der Waals surface area contributed by atoms with E-state index in [4.69, 9.17) is 0 Å². The number of aryl methyl sites for hydroxylation is 1. The number of hydrogen-bond acceptors (Lipinski definition) is 6. The van der Waals surface area contributed by atoms with Crippen molar-refractivity contribution in [2.75, 3.05) is 11.4 Å². The molecule has 31 heavy (non-hydrogen) atoms. The molecule has 6 nitrogen and oxygen atoms in total. The Morgan fingerprint density at radius 2 is 1.97 bits per heavy atom. The van der Waals surface area contributed by atoms with Gasteiger partial charge in [0.25, 0.3) is 11.5 Å². The molecule has 1 aromatic carbocycles. The van der Waals surface area contributed by atoms with Crippen LogP contribution in [0.1, 0.15) is 43.0 Å². The van der Waals surface area contributed by atoms with Gasteiger partial charge in [-0.1, -0.05) is 41.7 Å². The highest BCUT2D eigenvalue weighted by molar-refractivity contribution is 7.21. The number of nitrogens with zero attached hydrogens (tertiary/aromatic N) is 4. The van der Waals surface area contributed by atoms with Gasteiger partial charge in [0.05, 0.1) is 12.6 Å². The van der Waals surface area contributed by atoms with Gasteiger partial charge in [-0.2, -0.15) is 0 Å². The number of halogens is 2. The van der Waals surface area contributed by atoms with Gasteiger partial charge in [0, 0.05) is 25.8 Å². The van der Waals surface area contributed by atoms with Crippen LogP contribution < -0.4 is 10.5 Å². The third-order valence-corrected chi connectivity index (χ3v) is 6.98. The minimum Gasteiger partial charge on any atom is -0.332 e. The summed E-state index contributed by atoms with van der Waals surface area (Å²) in [5, 5.41) is 0.266. The van der Waals surface area contributed by atoms with Gasteiger partial charge in [-0.15, -0.1) is 0 Å². The molecule has 1 saturated heterocycles. The van der Waals surface area contributed by atoms with E-state index in [1.807, 2.05) is 30.3 Å². The van der Waals surface area contributed by atoms with Crippen molar-refractivity contribution in [3.8, 4) is 0 Å². The van der Waals surface area contributed by atoms with Crippen LogP contribution in [0.5, 0.6) is 0 Å². The number of ketones is 1. The van der Waals surface area contributed by atoms with E-state index in [0.29, 0.717) is 11.3 Å². The van der Waals surface area contributed by atoms with Gasteiger partial charge in [0.2, 0.25) is 0 Å². The fourth-order valence-electron chi connectivity index (χ4n) is 4.17. The summed E-state index contributed by atoms with van der Waals surface area (Å²) in [6.07, 6.45) is 2.14. The Morgan fingerprint density at radius 3 is 2.68 bits per heavy atom. The van der Waals surface area contributed by atoms with Crippen LogP contribution in [0.2, 0.25) is 0 Å². The topological polar surface area (TPSA) is 68.1 Å². The minimum absolute atomic E-state index is 0.178. The fraction of sp³-hybridized carbons (Fsp3) is 0.455. The normalized spacial score (nSPS) is 20.5. The van der Waals surface area contributed by atoms with Crippen molar-refractivity contribution in [3.63, 3.8) is 0 Å². The van der Waals surface area contributed by atoms with E-state index in [-0.39, 0.29) is 34.3 Å². The van der Waals surface area contributed by atoms with E-state index >= 15 is 0 Å². The van der Waals surface area contributed by atoms with Crippen LogP contribution in [0.15, 0.2) is 35.1 Å². The molecule has 0 bridgehead atoms. The monoisotopic (exact) mass is 444 g/mol. The molecule has 1 aliphatic heterocycles. The van der Waals surface area contributed by atoms with Crippen molar-refractivity contribution < 1.29 is 13.6 Å². The number of benzene rings is 1. The second-order valence-corrected chi connectivity index (χ2v) is 9.37. The van der Waals surface area contributed by atoms with Crippen LogP contribution in [0.25, 0.3) is 10.3 Å². The van der Waals surface area contributed by atoms with Gasteiger partial charge in [0.15, 0.2) is 21.3 Å². The second kappa shape index (κ2) is 7.47. The van der Waals surface area contributed by atoms with Crippen molar-refractivity contribution in [3.05, 3.63) is 52.1 Å². The summed E-state index contributed by atoms with van der Waals surface area (Å²) in [5.41, 5.74) is 0.900. The number of anilines is 1. The summed E-state index contributed by atoms with van der Waals surface area (Å²) >= 11 is 1.12. The molecule has 0 unspecified atom stereocenters. The summed E-state index contributed by atoms with van der Waals surface area (Å²) < 4.78 is 30.2. The number of thiazole rings is 1. The molecule has 0 radical (unpaired) electrons. The number of rotatable bonds is 6. The van der Waals surface area contributed by atoms with Gasteiger partial charge < -0.3 is 4.90 Å². The Bertz CT molecular complexity index is 1200. The van der Waals surface area contributed by atoms with Gasteiger partial charge in [0.1, 0.15) is 5.82 Å². The smallest absolute Gasteiger partial charge is 0.280 e. The maximum atomic E-state index is 14.3. The summed E-state index contributed by atoms with van der Waals surface area (Å²) in [7, 11) is 1.67. The summed E-state index contributed by atoms with van der Waals surface area (Å²) in [4.78, 5) is 36.4. The molecule has 0 spiro atoms. The second-order valence-electron chi connectivity index (χ2n) is 8.41. The van der Waals surface area contributed by atoms with Crippen molar-refractivity contribution in [1.82, 2.24) is 14.5 Å². The van der Waals surface area contributed by atoms with E-state index in [2.05, 4.69) is 9.97 Å². The van der Waals surface area contributed by atoms with Crippen LogP contribution >= 0.6 is 11.3 Å². The third-order valence-electron chi connectivity index (χ3n) is 6.00. The predicted octanol–water partition coefficient (Wildman–Crippen LogP) is 3.68. The number of hydrogen-bond donors (Lipinski definition) is 0. The Hall–Kier alpha value is -2.68. The molecule has 5 rings (SSSR count). The number of alkyl halides is 2. The first-order valence-electron chi connectivity index (χ1n) is 10.4. The molecule has 2 fully saturated rings. The Balaban J connectivity index is 1.44. The third kappa shape index (κ3) is 3.86. The molecule has 1 atom stereocenters. The lowest BCUT2D eigenvalue weighted by atomic mass is 10.0. The number of aromatic nitrogens is 3. The van der Waals surface area contributed by atoms with Crippen molar-refractivity contribution in [2.24, 2.45) is 7.05 Å². The lowest BCUT2D eigenvalue weighted by molar-refractivity contribution is -0.120. The number of fused-ring (bicyclic) bond motifs is 1. The van der Waals surface area contributed by atoms with E-state index in [9.17, 15) is 18.4 Å². The number of carbonyl (C=O) groups is 1. The molecule has 9 heteroatoms. The molecule has 162 valence electrons. The summed E-state index contributed by atoms with van der Waals surface area (Å²) in [5.74, 6) is -2.23. The van der Waals surface area contributed by atoms with Crippen LogP contribution in [-0.4, -0.2) is 38.8 Å². The first kappa shape index (κ1) is 20.2. The zero-order chi connectivity index (χ0) is 21.8. The van der Waals surface area contributed by atoms with Crippen LogP contribution in [0.3, 0.4) is 0 Å². The quantitative estimate of drug-likeness (QED) is 0.580. The molecule has 2 aliphatic rings. The van der Waals surface area contributed by atoms with Crippen molar-refractivity contribution in [2.45, 2.75) is 50.0 Å². The molecule has 1 aliphatic carbocycles. The molecule has 2 aromatic heterocycles. The van der Waals surface area contributed by atoms with Crippen molar-refractivity contribution >= 4 is 32.6 Å². The standard InChI is InChI=1S/C22H22F2N4O2S/c1-27-18(14-8-9-14)26-19-17(20(27)30)25-21(31-19)28-12-22(23,24)11-15(28)16(29)10-7-13-5-3-2-4-6-13/h2-6,14-15H,7-12H2,1H3/t15-/m1/s1. The predicted molar refractivity (Wildman–Crippen MR) is 115 cm³/mol. The van der Waals surface area contributed by atoms with E-state index in [1.54, 1.807) is 7.05 Å². The van der Waals surface area contributed by atoms with Gasteiger partial charge in [-0.3, -0.25) is 14.2 Å². The van der Waals surface area contributed by atoms with Crippen LogP contribution in [-0.2, 0) is 18.3 Å². The molecule has 0 amide bonds. The zero-order valence-electron chi connectivity index (χ0n) is 17.1. The lowest BCUT2D eigenvalue weighted by Gasteiger charge is -2.21. The summed E-state index contributed by atoms with van der Waals surface area (Å²) in [6, 6.07) is 8.55. The molecular formula is C22H22F2N4O2S. The SMILES string of the molecule is Cn1c(C2CC2)nc2sc(N3CC(F)(F)C[C@@H]3C(=O)CCc3ccccc3)nc2c1=O. The Kier molecular flexibility index (Phi) is 4.88. The summed E-state index contributed by atoms with van der Waals surface area (Å²) in [6.45, 7) is -0.579. The highest BCUT2D eigenvalue weighted by atomic mass is 32.1. The zero-order valence-corrected chi connectivity index (χ0v) is 17.9. The van der Waals surface area contributed by atoms with E-state index in [0.717, 1.165) is 35.6 Å². The van der Waals surface area contributed by atoms with Gasteiger partial charge in [-0.25, -0.2) is 18.7 Å². The number of Topliss-reactive ketones (excluding diaryl/α,β-unsaturated/α-hetero) is 1. The first-order chi connectivity index (χ1) is 14.8. The lowest BCUT2D eigenvalue weighted by Crippen LogP contribution is -2.36. The van der Waals surface area contributed by atoms with Crippen LogP contribution in [0.4, 0.5) is 13.9 Å². The Labute approximate surface area is 181 Å². The van der Waals surface area contributed by atoms with E-state index < -0.39 is 24.9 Å². The molecule has 0 N–H and O–H groups in total. The average Bonchev–Trinajstić information content (AvgIpc) is 3.42. The fourth-order valence-corrected chi connectivity index (χ4v) is 5.16. The van der Waals surface area contributed by atoms with Gasteiger partial charge >= 0.3 is 0 Å². The Morgan fingerprint density at radius 1 is 1.23 bits per heavy atom. The minimum atomic E-state index is -2.98. The molecule has 3 heterocycles. The van der Waals surface area contributed by atoms with Crippen LogP contribution in [0, 0.1) is 0 Å². The largest absolute Gasteiger partial charge is 0.332 e. The van der Waals surface area contributed by atoms with Crippen molar-refractivity contribution in [1.29, 1.82) is 0 Å². The molecular weight excluding hydrogens is 422 g/mol. The highest BCUT2D eigenvalue weighted by Crippen LogP contribution is 2.41. The molecule has 3 aromatic rings. The average molecular weight is 445 g/mol. The first-order valence-corrected chi connectivity index (χ1v) is 11.2. The maximum absolute atomic E-state index is 14.3. The highest BCUT2D eigenvalue weighted by Gasteiger charge is 2.48. The van der Waals surface area contributed by atoms with E-state index in [1.165, 1.54) is 9.47 Å². The number of carbonyl (C=O) groups excluding carboxylic acids is 1. The maximum Gasteiger partial charge on any atom is 0.280 e. The molecule has 1 saturated carbocycles. The van der Waals surface area contributed by atoms with Gasteiger partial charge in [-0.05, 0) is 24.8 Å².